The molecule has 0 bridgehead atoms. The summed E-state index contributed by atoms with van der Waals surface area (Å²) in [4.78, 5) is 13.8. The Morgan fingerprint density at radius 1 is 1.29 bits per heavy atom. The Bertz CT molecular complexity index is 368. The van der Waals surface area contributed by atoms with E-state index in [0.717, 1.165) is 30.3 Å². The van der Waals surface area contributed by atoms with Crippen molar-refractivity contribution in [3.63, 3.8) is 0 Å². The molecule has 0 unspecified atom stereocenters. The molecule has 1 amide bonds. The van der Waals surface area contributed by atoms with E-state index in [1.807, 2.05) is 24.3 Å². The molecule has 0 fully saturated rings. The Balaban J connectivity index is 2.49. The number of aliphatic hydroxyl groups is 1. The molecular weight excluding hydrogens is 282 g/mol. The zero-order chi connectivity index (χ0) is 12.7. The van der Waals surface area contributed by atoms with Gasteiger partial charge in [0.25, 0.3) is 5.91 Å². The Morgan fingerprint density at radius 2 is 2.00 bits per heavy atom. The Hall–Kier alpha value is -0.870. The average molecular weight is 300 g/mol. The highest BCUT2D eigenvalue weighted by molar-refractivity contribution is 9.10. The third-order valence-electron chi connectivity index (χ3n) is 2.60. The van der Waals surface area contributed by atoms with Crippen molar-refractivity contribution in [2.75, 3.05) is 20.2 Å². The third-order valence-corrected chi connectivity index (χ3v) is 3.29. The van der Waals surface area contributed by atoms with Crippen molar-refractivity contribution in [2.24, 2.45) is 0 Å². The molecule has 3 nitrogen and oxygen atoms in total. The summed E-state index contributed by atoms with van der Waals surface area (Å²) < 4.78 is 0.826. The predicted molar refractivity (Wildman–Crippen MR) is 72.0 cm³/mol. The second kappa shape index (κ2) is 7.45. The summed E-state index contributed by atoms with van der Waals surface area (Å²) in [6.07, 6.45) is 2.67. The van der Waals surface area contributed by atoms with E-state index in [4.69, 9.17) is 5.11 Å². The number of halogens is 1. The van der Waals surface area contributed by atoms with Gasteiger partial charge in [0, 0.05) is 24.7 Å². The van der Waals surface area contributed by atoms with Crippen molar-refractivity contribution >= 4 is 21.8 Å². The lowest BCUT2D eigenvalue weighted by Gasteiger charge is -2.17. The fourth-order valence-corrected chi connectivity index (χ4v) is 2.03. The van der Waals surface area contributed by atoms with Gasteiger partial charge >= 0.3 is 0 Å². The van der Waals surface area contributed by atoms with Crippen LogP contribution in [0.2, 0.25) is 0 Å². The molecule has 1 rings (SSSR count). The quantitative estimate of drug-likeness (QED) is 0.821. The van der Waals surface area contributed by atoms with Gasteiger partial charge in [-0.05, 0) is 47.3 Å². The molecule has 0 saturated carbocycles. The van der Waals surface area contributed by atoms with Gasteiger partial charge in [0.1, 0.15) is 0 Å². The van der Waals surface area contributed by atoms with Gasteiger partial charge in [-0.25, -0.2) is 0 Å². The van der Waals surface area contributed by atoms with Crippen molar-refractivity contribution in [1.29, 1.82) is 0 Å². The maximum Gasteiger partial charge on any atom is 0.254 e. The van der Waals surface area contributed by atoms with E-state index < -0.39 is 0 Å². The number of benzene rings is 1. The second-order valence-corrected chi connectivity index (χ2v) is 4.85. The van der Waals surface area contributed by atoms with Crippen LogP contribution in [0.1, 0.15) is 29.6 Å². The summed E-state index contributed by atoms with van der Waals surface area (Å²) >= 11 is 3.38. The maximum absolute atomic E-state index is 12.1. The molecule has 1 aromatic rings. The van der Waals surface area contributed by atoms with E-state index in [1.54, 1.807) is 11.9 Å². The van der Waals surface area contributed by atoms with Gasteiger partial charge < -0.3 is 10.0 Å². The molecule has 1 N–H and O–H groups in total. The Morgan fingerprint density at radius 3 is 2.65 bits per heavy atom. The second-order valence-electron chi connectivity index (χ2n) is 3.99. The molecule has 4 heteroatoms. The molecule has 1 aromatic carbocycles. The molecule has 0 heterocycles. The van der Waals surface area contributed by atoms with Crippen LogP contribution in [-0.2, 0) is 0 Å². The minimum Gasteiger partial charge on any atom is -0.396 e. The number of hydrogen-bond donors (Lipinski definition) is 1. The van der Waals surface area contributed by atoms with E-state index in [2.05, 4.69) is 15.9 Å². The molecule has 0 aliphatic rings. The first-order valence-electron chi connectivity index (χ1n) is 5.77. The normalized spacial score (nSPS) is 10.3. The standard InChI is InChI=1S/C13H18BrNO2/c1-15(9-5-2-6-10-16)13(17)11-7-3-4-8-12(11)14/h3-4,7-8,16H,2,5-6,9-10H2,1H3. The minimum atomic E-state index is 0.0291. The van der Waals surface area contributed by atoms with E-state index in [-0.39, 0.29) is 12.5 Å². The van der Waals surface area contributed by atoms with Gasteiger partial charge in [0.15, 0.2) is 0 Å². The first-order valence-corrected chi connectivity index (χ1v) is 6.57. The van der Waals surface area contributed by atoms with Crippen molar-refractivity contribution in [3.05, 3.63) is 34.3 Å². The summed E-state index contributed by atoms with van der Waals surface area (Å²) in [7, 11) is 1.81. The highest BCUT2D eigenvalue weighted by Crippen LogP contribution is 2.17. The van der Waals surface area contributed by atoms with Gasteiger partial charge in [-0.15, -0.1) is 0 Å². The predicted octanol–water partition coefficient (Wildman–Crippen LogP) is 2.68. The largest absolute Gasteiger partial charge is 0.396 e. The fourth-order valence-electron chi connectivity index (χ4n) is 1.58. The lowest BCUT2D eigenvalue weighted by Crippen LogP contribution is -2.28. The van der Waals surface area contributed by atoms with Crippen LogP contribution in [0.4, 0.5) is 0 Å². The summed E-state index contributed by atoms with van der Waals surface area (Å²) in [5.74, 6) is 0.0291. The molecule has 0 aliphatic carbocycles. The van der Waals surface area contributed by atoms with Crippen LogP contribution in [0.15, 0.2) is 28.7 Å². The van der Waals surface area contributed by atoms with Crippen LogP contribution in [0.3, 0.4) is 0 Å². The number of carbonyl (C=O) groups is 1. The first-order chi connectivity index (χ1) is 8.16. The molecule has 0 saturated heterocycles. The van der Waals surface area contributed by atoms with Gasteiger partial charge in [-0.2, -0.15) is 0 Å². The number of hydrogen-bond acceptors (Lipinski definition) is 2. The Kier molecular flexibility index (Phi) is 6.22. The number of rotatable bonds is 6. The first kappa shape index (κ1) is 14.2. The molecule has 94 valence electrons. The van der Waals surface area contributed by atoms with Crippen molar-refractivity contribution in [2.45, 2.75) is 19.3 Å². The van der Waals surface area contributed by atoms with Crippen LogP contribution in [-0.4, -0.2) is 36.1 Å². The number of aliphatic hydroxyl groups excluding tert-OH is 1. The Labute approximate surface area is 111 Å². The highest BCUT2D eigenvalue weighted by Gasteiger charge is 2.13. The van der Waals surface area contributed by atoms with E-state index in [9.17, 15) is 4.79 Å². The van der Waals surface area contributed by atoms with Crippen molar-refractivity contribution in [1.82, 2.24) is 4.90 Å². The minimum absolute atomic E-state index is 0.0291. The fraction of sp³-hybridized carbons (Fsp3) is 0.462. The van der Waals surface area contributed by atoms with Crippen LogP contribution in [0.5, 0.6) is 0 Å². The number of amides is 1. The smallest absolute Gasteiger partial charge is 0.254 e. The topological polar surface area (TPSA) is 40.5 Å². The molecule has 0 aliphatic heterocycles. The lowest BCUT2D eigenvalue weighted by atomic mass is 10.2. The van der Waals surface area contributed by atoms with Crippen LogP contribution in [0.25, 0.3) is 0 Å². The average Bonchev–Trinajstić information content (AvgIpc) is 2.34. The highest BCUT2D eigenvalue weighted by atomic mass is 79.9. The van der Waals surface area contributed by atoms with Crippen LogP contribution >= 0.6 is 15.9 Å². The summed E-state index contributed by atoms with van der Waals surface area (Å²) in [6, 6.07) is 7.43. The number of nitrogens with zero attached hydrogens (tertiary/aromatic N) is 1. The van der Waals surface area contributed by atoms with Gasteiger partial charge in [0.05, 0.1) is 5.56 Å². The summed E-state index contributed by atoms with van der Waals surface area (Å²) in [5, 5.41) is 8.67. The molecule has 0 radical (unpaired) electrons. The summed E-state index contributed by atoms with van der Waals surface area (Å²) in [6.45, 7) is 0.946. The molecular formula is C13H18BrNO2. The van der Waals surface area contributed by atoms with Crippen LogP contribution < -0.4 is 0 Å². The zero-order valence-corrected chi connectivity index (χ0v) is 11.6. The third kappa shape index (κ3) is 4.48. The van der Waals surface area contributed by atoms with Crippen molar-refractivity contribution in [3.8, 4) is 0 Å². The molecule has 0 atom stereocenters. The number of unbranched alkanes of at least 4 members (excludes halogenated alkanes) is 2. The maximum atomic E-state index is 12.1. The van der Waals surface area contributed by atoms with Crippen molar-refractivity contribution < 1.29 is 9.90 Å². The van der Waals surface area contributed by atoms with Gasteiger partial charge in [-0.1, -0.05) is 12.1 Å². The van der Waals surface area contributed by atoms with Gasteiger partial charge in [0.2, 0.25) is 0 Å². The summed E-state index contributed by atoms with van der Waals surface area (Å²) in [5.41, 5.74) is 0.692. The SMILES string of the molecule is CN(CCCCCO)C(=O)c1ccccc1Br. The van der Waals surface area contributed by atoms with E-state index in [0.29, 0.717) is 5.56 Å². The van der Waals surface area contributed by atoms with E-state index >= 15 is 0 Å². The lowest BCUT2D eigenvalue weighted by molar-refractivity contribution is 0.0791. The molecule has 0 aromatic heterocycles. The van der Waals surface area contributed by atoms with E-state index in [1.165, 1.54) is 0 Å². The molecule has 17 heavy (non-hydrogen) atoms. The number of carbonyl (C=O) groups excluding carboxylic acids is 1. The van der Waals surface area contributed by atoms with Gasteiger partial charge in [-0.3, -0.25) is 4.79 Å². The van der Waals surface area contributed by atoms with Crippen LogP contribution in [0, 0.1) is 0 Å². The monoisotopic (exact) mass is 299 g/mol. The molecule has 0 spiro atoms. The zero-order valence-electron chi connectivity index (χ0n) is 10.0.